The van der Waals surface area contributed by atoms with Crippen LogP contribution in [0.25, 0.3) is 0 Å². The summed E-state index contributed by atoms with van der Waals surface area (Å²) in [5.41, 5.74) is 3.13. The third kappa shape index (κ3) is 5.64. The molecule has 0 bridgehead atoms. The predicted molar refractivity (Wildman–Crippen MR) is 100 cm³/mol. The van der Waals surface area contributed by atoms with E-state index in [1.165, 1.54) is 24.4 Å². The monoisotopic (exact) mass is 452 g/mol. The molecule has 0 radical (unpaired) electrons. The second-order valence-electron chi connectivity index (χ2n) is 4.81. The van der Waals surface area contributed by atoms with Crippen LogP contribution in [0.4, 0.5) is 5.69 Å². The van der Waals surface area contributed by atoms with Gasteiger partial charge in [-0.1, -0.05) is 24.3 Å². The number of nitrogens with zero attached hydrogens (tertiary/aromatic N) is 2. The summed E-state index contributed by atoms with van der Waals surface area (Å²) in [5, 5.41) is 16.9. The third-order valence-corrected chi connectivity index (χ3v) is 3.95. The molecular formula is C16H13IN4O4. The van der Waals surface area contributed by atoms with E-state index < -0.39 is 10.8 Å². The Morgan fingerprint density at radius 2 is 1.96 bits per heavy atom. The highest BCUT2D eigenvalue weighted by Gasteiger charge is 2.10. The Bertz CT molecular complexity index is 838. The number of carbonyl (C=O) groups is 2. The lowest BCUT2D eigenvalue weighted by atomic mass is 10.2. The van der Waals surface area contributed by atoms with Crippen molar-refractivity contribution >= 4 is 46.3 Å². The van der Waals surface area contributed by atoms with Crippen molar-refractivity contribution < 1.29 is 14.5 Å². The van der Waals surface area contributed by atoms with E-state index in [1.54, 1.807) is 24.3 Å². The summed E-state index contributed by atoms with van der Waals surface area (Å²) in [5.74, 6) is -0.871. The van der Waals surface area contributed by atoms with E-state index in [4.69, 9.17) is 0 Å². The zero-order chi connectivity index (χ0) is 18.2. The molecule has 2 amide bonds. The maximum absolute atomic E-state index is 12.0. The van der Waals surface area contributed by atoms with Gasteiger partial charge in [-0.3, -0.25) is 19.7 Å². The Morgan fingerprint density at radius 3 is 2.68 bits per heavy atom. The smallest absolute Gasteiger partial charge is 0.270 e. The van der Waals surface area contributed by atoms with Crippen molar-refractivity contribution in [2.75, 3.05) is 6.54 Å². The maximum Gasteiger partial charge on any atom is 0.270 e. The fourth-order valence-corrected chi connectivity index (χ4v) is 2.47. The molecule has 0 atom stereocenters. The summed E-state index contributed by atoms with van der Waals surface area (Å²) in [6.45, 7) is -0.240. The number of non-ortho nitro benzene ring substituents is 1. The average Bonchev–Trinajstić information content (AvgIpc) is 2.60. The minimum atomic E-state index is -0.517. The Hall–Kier alpha value is -2.82. The second-order valence-corrected chi connectivity index (χ2v) is 5.97. The summed E-state index contributed by atoms with van der Waals surface area (Å²) < 4.78 is 0.779. The van der Waals surface area contributed by atoms with Crippen LogP contribution in [0.3, 0.4) is 0 Å². The van der Waals surface area contributed by atoms with Crippen molar-refractivity contribution in [2.45, 2.75) is 0 Å². The highest BCUT2D eigenvalue weighted by Crippen LogP contribution is 2.11. The van der Waals surface area contributed by atoms with Gasteiger partial charge in [0, 0.05) is 21.3 Å². The molecule has 0 saturated heterocycles. The lowest BCUT2D eigenvalue weighted by Gasteiger charge is -2.05. The van der Waals surface area contributed by atoms with Gasteiger partial charge in [-0.15, -0.1) is 0 Å². The topological polar surface area (TPSA) is 114 Å². The summed E-state index contributed by atoms with van der Waals surface area (Å²) >= 11 is 2.04. The largest absolute Gasteiger partial charge is 0.343 e. The molecule has 2 aromatic rings. The summed E-state index contributed by atoms with van der Waals surface area (Å²) in [6.07, 6.45) is 1.28. The Labute approximate surface area is 156 Å². The quantitative estimate of drug-likeness (QED) is 0.302. The highest BCUT2D eigenvalue weighted by atomic mass is 127. The van der Waals surface area contributed by atoms with Gasteiger partial charge in [0.1, 0.15) is 0 Å². The van der Waals surface area contributed by atoms with Gasteiger partial charge in [-0.25, -0.2) is 5.43 Å². The molecule has 0 spiro atoms. The van der Waals surface area contributed by atoms with Crippen molar-refractivity contribution in [1.29, 1.82) is 0 Å². The number of amides is 2. The van der Waals surface area contributed by atoms with Crippen LogP contribution in [-0.4, -0.2) is 29.5 Å². The fraction of sp³-hybridized carbons (Fsp3) is 0.0625. The van der Waals surface area contributed by atoms with E-state index in [9.17, 15) is 19.7 Å². The molecular weight excluding hydrogens is 439 g/mol. The Kier molecular flexibility index (Phi) is 6.57. The SMILES string of the molecule is O=C(CNC(=O)c1ccccc1I)N/N=C\c1cccc([N+](=O)[O-])c1. The van der Waals surface area contributed by atoms with Crippen molar-refractivity contribution in [2.24, 2.45) is 5.10 Å². The molecule has 0 aliphatic carbocycles. The number of benzene rings is 2. The van der Waals surface area contributed by atoms with E-state index in [0.717, 1.165) is 3.57 Å². The number of hydrogen-bond donors (Lipinski definition) is 2. The normalized spacial score (nSPS) is 10.4. The van der Waals surface area contributed by atoms with Gasteiger partial charge >= 0.3 is 0 Å². The number of rotatable bonds is 6. The maximum atomic E-state index is 12.0. The average molecular weight is 452 g/mol. The Balaban J connectivity index is 1.84. The number of nitrogens with one attached hydrogen (secondary N) is 2. The minimum absolute atomic E-state index is 0.0694. The van der Waals surface area contributed by atoms with E-state index in [-0.39, 0.29) is 18.1 Å². The molecule has 8 nitrogen and oxygen atoms in total. The van der Waals surface area contributed by atoms with Gasteiger partial charge in [-0.2, -0.15) is 5.10 Å². The molecule has 25 heavy (non-hydrogen) atoms. The number of carbonyl (C=O) groups excluding carboxylic acids is 2. The van der Waals surface area contributed by atoms with Crippen molar-refractivity contribution in [3.63, 3.8) is 0 Å². The number of hydrogen-bond acceptors (Lipinski definition) is 5. The van der Waals surface area contributed by atoms with E-state index in [1.807, 2.05) is 28.7 Å². The lowest BCUT2D eigenvalue weighted by Crippen LogP contribution is -2.35. The van der Waals surface area contributed by atoms with Gasteiger partial charge in [0.2, 0.25) is 0 Å². The van der Waals surface area contributed by atoms with Crippen molar-refractivity contribution in [1.82, 2.24) is 10.7 Å². The van der Waals surface area contributed by atoms with Crippen LogP contribution in [0.15, 0.2) is 53.6 Å². The lowest BCUT2D eigenvalue weighted by molar-refractivity contribution is -0.384. The van der Waals surface area contributed by atoms with Gasteiger partial charge < -0.3 is 5.32 Å². The molecule has 2 N–H and O–H groups in total. The molecule has 0 unspecified atom stereocenters. The van der Waals surface area contributed by atoms with Gasteiger partial charge in [0.15, 0.2) is 0 Å². The van der Waals surface area contributed by atoms with Crippen LogP contribution < -0.4 is 10.7 Å². The molecule has 128 valence electrons. The summed E-state index contributed by atoms with van der Waals surface area (Å²) in [7, 11) is 0. The van der Waals surface area contributed by atoms with Crippen LogP contribution in [0.5, 0.6) is 0 Å². The first kappa shape index (κ1) is 18.5. The molecule has 0 aromatic heterocycles. The zero-order valence-corrected chi connectivity index (χ0v) is 15.0. The Morgan fingerprint density at radius 1 is 1.20 bits per heavy atom. The fourth-order valence-electron chi connectivity index (χ4n) is 1.84. The summed E-state index contributed by atoms with van der Waals surface area (Å²) in [6, 6.07) is 12.8. The number of hydrazone groups is 1. The van der Waals surface area contributed by atoms with Crippen LogP contribution in [0.2, 0.25) is 0 Å². The van der Waals surface area contributed by atoms with Crippen molar-refractivity contribution in [3.8, 4) is 0 Å². The molecule has 0 aliphatic rings. The third-order valence-electron chi connectivity index (χ3n) is 3.01. The predicted octanol–water partition coefficient (Wildman–Crippen LogP) is 2.08. The van der Waals surface area contributed by atoms with Crippen molar-refractivity contribution in [3.05, 3.63) is 73.3 Å². The molecule has 0 heterocycles. The molecule has 9 heteroatoms. The number of nitro benzene ring substituents is 1. The van der Waals surface area contributed by atoms with Crippen LogP contribution in [0.1, 0.15) is 15.9 Å². The first-order valence-corrected chi connectivity index (χ1v) is 8.14. The van der Waals surface area contributed by atoms with Crippen LogP contribution in [-0.2, 0) is 4.79 Å². The zero-order valence-electron chi connectivity index (χ0n) is 12.8. The van der Waals surface area contributed by atoms with Gasteiger partial charge in [-0.05, 0) is 34.7 Å². The first-order valence-electron chi connectivity index (χ1n) is 7.06. The molecule has 0 fully saturated rings. The number of halogens is 1. The standard InChI is InChI=1S/C16H13IN4O4/c17-14-7-2-1-6-13(14)16(23)18-10-15(22)20-19-9-11-4-3-5-12(8-11)21(24)25/h1-9H,10H2,(H,18,23)(H,20,22)/b19-9-. The van der Waals surface area contributed by atoms with Gasteiger partial charge in [0.25, 0.3) is 17.5 Å². The van der Waals surface area contributed by atoms with E-state index >= 15 is 0 Å². The highest BCUT2D eigenvalue weighted by molar-refractivity contribution is 14.1. The van der Waals surface area contributed by atoms with Gasteiger partial charge in [0.05, 0.1) is 23.2 Å². The second kappa shape index (κ2) is 8.87. The van der Waals surface area contributed by atoms with Crippen LogP contribution in [0, 0.1) is 13.7 Å². The minimum Gasteiger partial charge on any atom is -0.343 e. The van der Waals surface area contributed by atoms with E-state index in [2.05, 4.69) is 15.8 Å². The first-order chi connectivity index (χ1) is 12.0. The molecule has 0 saturated carbocycles. The molecule has 0 aliphatic heterocycles. The van der Waals surface area contributed by atoms with E-state index in [0.29, 0.717) is 11.1 Å². The summed E-state index contributed by atoms with van der Waals surface area (Å²) in [4.78, 5) is 33.8. The molecule has 2 aromatic carbocycles. The number of nitro groups is 1. The molecule has 2 rings (SSSR count). The van der Waals surface area contributed by atoms with Crippen LogP contribution >= 0.6 is 22.6 Å².